The number of hydrogen-bond donors (Lipinski definition) is 1. The van der Waals surface area contributed by atoms with Crippen LogP contribution in [0.15, 0.2) is 18.2 Å². The number of carbonyl (C=O) groups excluding carboxylic acids is 3. The molecule has 0 aliphatic carbocycles. The fraction of sp³-hybridized carbons (Fsp3) is 0.438. The predicted molar refractivity (Wildman–Crippen MR) is 84.6 cm³/mol. The second-order valence-corrected chi connectivity index (χ2v) is 6.12. The van der Waals surface area contributed by atoms with E-state index < -0.39 is 6.09 Å². The van der Waals surface area contributed by atoms with Crippen molar-refractivity contribution in [3.8, 4) is 11.5 Å². The smallest absolute Gasteiger partial charge is 0.417 e. The lowest BCUT2D eigenvalue weighted by Gasteiger charge is -2.40. The van der Waals surface area contributed by atoms with Crippen molar-refractivity contribution in [3.63, 3.8) is 0 Å². The molecule has 0 unspecified atom stereocenters. The van der Waals surface area contributed by atoms with Crippen LogP contribution in [0.5, 0.6) is 11.5 Å². The summed E-state index contributed by atoms with van der Waals surface area (Å²) in [6, 6.07) is 5.00. The molecule has 1 aromatic carbocycles. The molecule has 132 valence electrons. The summed E-state index contributed by atoms with van der Waals surface area (Å²) in [7, 11) is 0. The van der Waals surface area contributed by atoms with Gasteiger partial charge in [0.15, 0.2) is 18.1 Å². The maximum Gasteiger partial charge on any atom is 0.417 e. The maximum atomic E-state index is 12.2. The first-order valence-electron chi connectivity index (χ1n) is 8.03. The molecule has 4 rings (SSSR count). The summed E-state index contributed by atoms with van der Waals surface area (Å²) in [5.41, 5.74) is 0.621. The third kappa shape index (κ3) is 3.04. The van der Waals surface area contributed by atoms with Gasteiger partial charge in [0.25, 0.3) is 5.91 Å². The van der Waals surface area contributed by atoms with Gasteiger partial charge >= 0.3 is 12.1 Å². The molecule has 2 saturated heterocycles. The minimum absolute atomic E-state index is 0.0700. The first-order valence-corrected chi connectivity index (χ1v) is 8.03. The molecule has 25 heavy (non-hydrogen) atoms. The van der Waals surface area contributed by atoms with Crippen molar-refractivity contribution in [2.45, 2.75) is 0 Å². The van der Waals surface area contributed by atoms with Crippen LogP contribution < -0.4 is 14.8 Å². The van der Waals surface area contributed by atoms with Crippen LogP contribution in [0.2, 0.25) is 0 Å². The van der Waals surface area contributed by atoms with Gasteiger partial charge < -0.3 is 24.4 Å². The molecule has 4 amide bonds. The molecule has 1 aromatic rings. The molecule has 0 bridgehead atoms. The highest BCUT2D eigenvalue weighted by Crippen LogP contribution is 2.32. The largest absolute Gasteiger partial charge is 0.486 e. The molecule has 0 saturated carbocycles. The molecule has 0 radical (unpaired) electrons. The molecule has 9 nitrogen and oxygen atoms in total. The number of nitrogens with zero attached hydrogens (tertiary/aromatic N) is 2. The summed E-state index contributed by atoms with van der Waals surface area (Å²) in [4.78, 5) is 37.9. The average molecular weight is 347 g/mol. The van der Waals surface area contributed by atoms with Crippen molar-refractivity contribution in [2.24, 2.45) is 5.92 Å². The molecule has 9 heteroatoms. The highest BCUT2D eigenvalue weighted by molar-refractivity contribution is 5.97. The number of nitrogens with one attached hydrogen (secondary N) is 1. The van der Waals surface area contributed by atoms with Crippen molar-refractivity contribution >= 4 is 23.7 Å². The Morgan fingerprint density at radius 3 is 2.60 bits per heavy atom. The van der Waals surface area contributed by atoms with Crippen molar-refractivity contribution in [1.82, 2.24) is 9.80 Å². The minimum atomic E-state index is -0.607. The van der Waals surface area contributed by atoms with E-state index in [1.807, 2.05) is 0 Å². The van der Waals surface area contributed by atoms with Gasteiger partial charge in [-0.15, -0.1) is 0 Å². The lowest BCUT2D eigenvalue weighted by atomic mass is 10.0. The Balaban J connectivity index is 1.29. The lowest BCUT2D eigenvalue weighted by molar-refractivity contribution is -0.126. The van der Waals surface area contributed by atoms with Gasteiger partial charge in [-0.2, -0.15) is 0 Å². The fourth-order valence-electron chi connectivity index (χ4n) is 2.99. The number of anilines is 1. The summed E-state index contributed by atoms with van der Waals surface area (Å²) < 4.78 is 15.6. The highest BCUT2D eigenvalue weighted by Gasteiger charge is 2.38. The van der Waals surface area contributed by atoms with E-state index >= 15 is 0 Å². The van der Waals surface area contributed by atoms with Gasteiger partial charge in [-0.3, -0.25) is 4.79 Å². The first kappa shape index (κ1) is 15.6. The quantitative estimate of drug-likeness (QED) is 0.872. The topological polar surface area (TPSA) is 97.4 Å². The summed E-state index contributed by atoms with van der Waals surface area (Å²) in [5.74, 6) is 1.01. The number of benzene rings is 1. The van der Waals surface area contributed by atoms with Crippen LogP contribution in [0, 0.1) is 5.92 Å². The molecule has 3 aliphatic heterocycles. The summed E-state index contributed by atoms with van der Waals surface area (Å²) in [5, 5.41) is 2.80. The Morgan fingerprint density at radius 1 is 1.12 bits per heavy atom. The molecule has 0 atom stereocenters. The van der Waals surface area contributed by atoms with E-state index in [4.69, 9.17) is 9.47 Å². The normalized spacial score (nSPS) is 19.5. The predicted octanol–water partition coefficient (Wildman–Crippen LogP) is 0.900. The third-order valence-electron chi connectivity index (χ3n) is 4.32. The number of hydrogen-bond acceptors (Lipinski definition) is 6. The first-order chi connectivity index (χ1) is 12.1. The SMILES string of the molecule is O=C(Nc1ccc2c(c1)OCCO2)N1CC(CN2C(=O)COC2=O)C1. The van der Waals surface area contributed by atoms with Gasteiger partial charge in [0, 0.05) is 37.3 Å². The lowest BCUT2D eigenvalue weighted by Crippen LogP contribution is -2.55. The number of cyclic esters (lactones) is 1. The zero-order chi connectivity index (χ0) is 17.4. The Bertz CT molecular complexity index is 715. The van der Waals surface area contributed by atoms with Crippen LogP contribution >= 0.6 is 0 Å². The number of rotatable bonds is 3. The number of urea groups is 1. The third-order valence-corrected chi connectivity index (χ3v) is 4.32. The molecule has 0 aromatic heterocycles. The van der Waals surface area contributed by atoms with Crippen molar-refractivity contribution in [1.29, 1.82) is 0 Å². The molecular weight excluding hydrogens is 330 g/mol. The number of ether oxygens (including phenoxy) is 3. The number of imide groups is 1. The summed E-state index contributed by atoms with van der Waals surface area (Å²) in [6.45, 7) is 2.04. The minimum Gasteiger partial charge on any atom is -0.486 e. The van der Waals surface area contributed by atoms with Crippen LogP contribution in [-0.2, 0) is 9.53 Å². The fourth-order valence-corrected chi connectivity index (χ4v) is 2.99. The number of amides is 4. The Morgan fingerprint density at radius 2 is 1.88 bits per heavy atom. The second-order valence-electron chi connectivity index (χ2n) is 6.12. The van der Waals surface area contributed by atoms with Gasteiger partial charge in [-0.1, -0.05) is 0 Å². The van der Waals surface area contributed by atoms with E-state index in [-0.39, 0.29) is 31.0 Å². The van der Waals surface area contributed by atoms with E-state index in [1.54, 1.807) is 23.1 Å². The van der Waals surface area contributed by atoms with E-state index in [2.05, 4.69) is 10.1 Å². The van der Waals surface area contributed by atoms with E-state index in [0.717, 1.165) is 4.90 Å². The van der Waals surface area contributed by atoms with E-state index in [1.165, 1.54) is 0 Å². The van der Waals surface area contributed by atoms with Crippen LogP contribution in [0.4, 0.5) is 15.3 Å². The molecule has 3 aliphatic rings. The Labute approximate surface area is 143 Å². The molecule has 3 heterocycles. The molecule has 0 spiro atoms. The number of likely N-dealkylation sites (tertiary alicyclic amines) is 1. The van der Waals surface area contributed by atoms with Gasteiger partial charge in [0.05, 0.1) is 0 Å². The monoisotopic (exact) mass is 347 g/mol. The molecule has 2 fully saturated rings. The van der Waals surface area contributed by atoms with E-state index in [0.29, 0.717) is 43.5 Å². The van der Waals surface area contributed by atoms with Crippen molar-refractivity contribution < 1.29 is 28.6 Å². The van der Waals surface area contributed by atoms with Crippen LogP contribution in [0.3, 0.4) is 0 Å². The van der Waals surface area contributed by atoms with Gasteiger partial charge in [-0.25, -0.2) is 14.5 Å². The molecule has 1 N–H and O–H groups in total. The summed E-state index contributed by atoms with van der Waals surface area (Å²) in [6.07, 6.45) is -0.607. The second kappa shape index (κ2) is 6.15. The standard InChI is InChI=1S/C16H17N3O6/c20-14-9-25-16(22)19(14)8-10-6-18(7-10)15(21)17-11-1-2-12-13(5-11)24-4-3-23-12/h1-2,5,10H,3-4,6-9H2,(H,17,21). The van der Waals surface area contributed by atoms with Crippen molar-refractivity contribution in [2.75, 3.05) is 44.8 Å². The van der Waals surface area contributed by atoms with Gasteiger partial charge in [0.2, 0.25) is 0 Å². The van der Waals surface area contributed by atoms with Crippen LogP contribution in [-0.4, -0.2) is 67.3 Å². The van der Waals surface area contributed by atoms with Crippen LogP contribution in [0.1, 0.15) is 0 Å². The number of carbonyl (C=O) groups is 3. The van der Waals surface area contributed by atoms with Gasteiger partial charge in [-0.05, 0) is 12.1 Å². The zero-order valence-corrected chi connectivity index (χ0v) is 13.4. The van der Waals surface area contributed by atoms with Gasteiger partial charge in [0.1, 0.15) is 13.2 Å². The van der Waals surface area contributed by atoms with E-state index in [9.17, 15) is 14.4 Å². The Kier molecular flexibility index (Phi) is 3.83. The maximum absolute atomic E-state index is 12.2. The average Bonchev–Trinajstić information content (AvgIpc) is 2.89. The van der Waals surface area contributed by atoms with Crippen molar-refractivity contribution in [3.05, 3.63) is 18.2 Å². The summed E-state index contributed by atoms with van der Waals surface area (Å²) >= 11 is 0. The number of fused-ring (bicyclic) bond motifs is 1. The van der Waals surface area contributed by atoms with Crippen LogP contribution in [0.25, 0.3) is 0 Å². The highest BCUT2D eigenvalue weighted by atomic mass is 16.6. The molecular formula is C16H17N3O6. The Hall–Kier alpha value is -2.97. The zero-order valence-electron chi connectivity index (χ0n) is 13.4.